The third-order valence-corrected chi connectivity index (χ3v) is 5.90. The van der Waals surface area contributed by atoms with Crippen molar-refractivity contribution in [3.05, 3.63) is 35.7 Å². The Kier molecular flexibility index (Phi) is 5.17. The monoisotopic (exact) mass is 395 g/mol. The molecule has 0 spiro atoms. The summed E-state index contributed by atoms with van der Waals surface area (Å²) in [6.45, 7) is 6.55. The molecule has 2 aliphatic rings. The fraction of sp³-hybridized carbons (Fsp3) is 0.500. The van der Waals surface area contributed by atoms with Gasteiger partial charge in [-0.25, -0.2) is 9.97 Å². The maximum absolute atomic E-state index is 6.29. The summed E-state index contributed by atoms with van der Waals surface area (Å²) in [6, 6.07) is 6.36. The molecule has 1 heterocycles. The predicted octanol–water partition coefficient (Wildman–Crippen LogP) is 3.41. The second-order valence-corrected chi connectivity index (χ2v) is 8.33. The van der Waals surface area contributed by atoms with Gasteiger partial charge in [0.1, 0.15) is 24.5 Å². The number of hydrogen-bond acceptors (Lipinski definition) is 7. The molecule has 2 aromatic rings. The van der Waals surface area contributed by atoms with Crippen LogP contribution >= 0.6 is 0 Å². The second-order valence-electron chi connectivity index (χ2n) is 8.33. The third kappa shape index (κ3) is 3.55. The quantitative estimate of drug-likeness (QED) is 0.768. The number of rotatable bonds is 4. The van der Waals surface area contributed by atoms with Crippen LogP contribution in [-0.2, 0) is 10.3 Å². The fourth-order valence-corrected chi connectivity index (χ4v) is 4.37. The highest BCUT2D eigenvalue weighted by atomic mass is 16.6. The van der Waals surface area contributed by atoms with E-state index in [1.807, 2.05) is 25.1 Å². The first-order chi connectivity index (χ1) is 13.9. The highest BCUT2D eigenvalue weighted by Gasteiger charge is 2.41. The molecule has 0 unspecified atom stereocenters. The van der Waals surface area contributed by atoms with Gasteiger partial charge < -0.3 is 21.0 Å². The van der Waals surface area contributed by atoms with Crippen molar-refractivity contribution in [2.75, 3.05) is 12.3 Å². The molecule has 0 bridgehead atoms. The van der Waals surface area contributed by atoms with Gasteiger partial charge in [0.15, 0.2) is 0 Å². The Morgan fingerprint density at radius 2 is 1.90 bits per heavy atom. The van der Waals surface area contributed by atoms with Gasteiger partial charge in [-0.15, -0.1) is 0 Å². The summed E-state index contributed by atoms with van der Waals surface area (Å²) in [7, 11) is 0. The first-order valence-electron chi connectivity index (χ1n) is 10.3. The van der Waals surface area contributed by atoms with E-state index < -0.39 is 5.41 Å². The summed E-state index contributed by atoms with van der Waals surface area (Å²) in [5.74, 6) is 1.29. The molecule has 0 radical (unpaired) electrons. The van der Waals surface area contributed by atoms with Crippen molar-refractivity contribution in [3.63, 3.8) is 0 Å². The first-order valence-corrected chi connectivity index (χ1v) is 10.3. The fourth-order valence-electron chi connectivity index (χ4n) is 4.37. The zero-order chi connectivity index (χ0) is 20.6. The van der Waals surface area contributed by atoms with E-state index in [0.717, 1.165) is 59.5 Å². The van der Waals surface area contributed by atoms with Crippen molar-refractivity contribution in [2.24, 2.45) is 10.9 Å². The average molecular weight is 396 g/mol. The Hall–Kier alpha value is -2.67. The number of ether oxygens (including phenoxy) is 1. The van der Waals surface area contributed by atoms with Gasteiger partial charge >= 0.3 is 0 Å². The lowest BCUT2D eigenvalue weighted by atomic mass is 9.70. The molecule has 0 atom stereocenters. The number of aromatic nitrogens is 2. The van der Waals surface area contributed by atoms with E-state index in [1.54, 1.807) is 0 Å². The zero-order valence-corrected chi connectivity index (χ0v) is 17.3. The van der Waals surface area contributed by atoms with E-state index >= 15 is 0 Å². The van der Waals surface area contributed by atoms with E-state index in [2.05, 4.69) is 29.0 Å². The summed E-state index contributed by atoms with van der Waals surface area (Å²) in [4.78, 5) is 14.2. The number of hydrogen-bond donors (Lipinski definition) is 2. The van der Waals surface area contributed by atoms with Crippen LogP contribution in [0.5, 0.6) is 5.75 Å². The van der Waals surface area contributed by atoms with Crippen LogP contribution in [0.25, 0.3) is 11.3 Å². The standard InChI is InChI=1S/C22H29N5O2/c1-4-28-27-20-17-11-15(29-14-7-5-13(23)6-8-14)9-10-16(17)19-18(22(20,2)3)21(24)26-12-25-19/h9-14H,4-8,23H2,1-3H3,(H2,24,25,26)/b27-20+/t13-,14-. The van der Waals surface area contributed by atoms with Crippen LogP contribution in [0.15, 0.2) is 29.7 Å². The van der Waals surface area contributed by atoms with Gasteiger partial charge in [-0.1, -0.05) is 5.16 Å². The van der Waals surface area contributed by atoms with Crippen molar-refractivity contribution in [1.29, 1.82) is 0 Å². The first kappa shape index (κ1) is 19.6. The summed E-state index contributed by atoms with van der Waals surface area (Å²) >= 11 is 0. The smallest absolute Gasteiger partial charge is 0.131 e. The van der Waals surface area contributed by atoms with Gasteiger partial charge in [0.2, 0.25) is 0 Å². The number of fused-ring (bicyclic) bond motifs is 3. The molecule has 1 saturated carbocycles. The molecule has 4 N–H and O–H groups in total. The van der Waals surface area contributed by atoms with Crippen LogP contribution in [0.1, 0.15) is 57.6 Å². The van der Waals surface area contributed by atoms with E-state index in [0.29, 0.717) is 18.5 Å². The highest BCUT2D eigenvalue weighted by molar-refractivity contribution is 6.15. The van der Waals surface area contributed by atoms with E-state index in [9.17, 15) is 0 Å². The normalized spacial score (nSPS) is 23.9. The van der Waals surface area contributed by atoms with Crippen molar-refractivity contribution in [2.45, 2.75) is 64.0 Å². The summed E-state index contributed by atoms with van der Waals surface area (Å²) in [6.07, 6.45) is 5.68. The predicted molar refractivity (Wildman–Crippen MR) is 114 cm³/mol. The van der Waals surface area contributed by atoms with Crippen molar-refractivity contribution >= 4 is 11.5 Å². The Bertz CT molecular complexity index is 933. The van der Waals surface area contributed by atoms with Crippen molar-refractivity contribution < 1.29 is 9.57 Å². The average Bonchev–Trinajstić information content (AvgIpc) is 2.69. The van der Waals surface area contributed by atoms with Crippen molar-refractivity contribution in [3.8, 4) is 17.0 Å². The number of nitrogen functional groups attached to an aromatic ring is 1. The minimum Gasteiger partial charge on any atom is -0.490 e. The number of oxime groups is 1. The minimum atomic E-state index is -0.501. The second kappa shape index (κ2) is 7.63. The Morgan fingerprint density at radius 3 is 2.62 bits per heavy atom. The van der Waals surface area contributed by atoms with Crippen LogP contribution in [-0.4, -0.2) is 34.4 Å². The SMILES string of the molecule is CCO/N=C1\c2cc(O[C@H]3CC[C@H](N)CC3)ccc2-c2ncnc(N)c2C1(C)C. The molecule has 1 fully saturated rings. The molecule has 7 heteroatoms. The molecule has 29 heavy (non-hydrogen) atoms. The van der Waals surface area contributed by atoms with E-state index in [1.165, 1.54) is 6.33 Å². The van der Waals surface area contributed by atoms with Gasteiger partial charge in [-0.2, -0.15) is 0 Å². The summed E-state index contributed by atoms with van der Waals surface area (Å²) in [5.41, 5.74) is 16.2. The van der Waals surface area contributed by atoms with Gasteiger partial charge in [0, 0.05) is 28.1 Å². The molecule has 1 aromatic carbocycles. The number of nitrogens with two attached hydrogens (primary N) is 2. The Labute approximate surface area is 171 Å². The van der Waals surface area contributed by atoms with Gasteiger partial charge in [0.25, 0.3) is 0 Å². The lowest BCUT2D eigenvalue weighted by Gasteiger charge is -2.35. The zero-order valence-electron chi connectivity index (χ0n) is 17.3. The molecule has 0 aliphatic heterocycles. The highest BCUT2D eigenvalue weighted by Crippen LogP contribution is 2.45. The Balaban J connectivity index is 1.78. The lowest BCUT2D eigenvalue weighted by molar-refractivity contribution is 0.147. The molecule has 0 amide bonds. The van der Waals surface area contributed by atoms with Crippen LogP contribution < -0.4 is 16.2 Å². The molecule has 0 saturated heterocycles. The summed E-state index contributed by atoms with van der Waals surface area (Å²) in [5, 5.41) is 4.47. The van der Waals surface area contributed by atoms with Gasteiger partial charge in [-0.05, 0) is 64.7 Å². The van der Waals surface area contributed by atoms with Crippen molar-refractivity contribution in [1.82, 2.24) is 9.97 Å². The maximum atomic E-state index is 6.29. The third-order valence-electron chi connectivity index (χ3n) is 5.90. The number of benzene rings is 1. The molecular formula is C22H29N5O2. The lowest BCUT2D eigenvalue weighted by Crippen LogP contribution is -2.36. The Morgan fingerprint density at radius 1 is 1.14 bits per heavy atom. The molecular weight excluding hydrogens is 366 g/mol. The largest absolute Gasteiger partial charge is 0.490 e. The van der Waals surface area contributed by atoms with E-state index in [-0.39, 0.29) is 6.10 Å². The molecule has 7 nitrogen and oxygen atoms in total. The van der Waals surface area contributed by atoms with Crippen LogP contribution in [0.4, 0.5) is 5.82 Å². The maximum Gasteiger partial charge on any atom is 0.131 e. The molecule has 154 valence electrons. The number of anilines is 1. The van der Waals surface area contributed by atoms with Crippen LogP contribution in [0.3, 0.4) is 0 Å². The van der Waals surface area contributed by atoms with Gasteiger partial charge in [0.05, 0.1) is 17.5 Å². The minimum absolute atomic E-state index is 0.196. The van der Waals surface area contributed by atoms with E-state index in [4.69, 9.17) is 21.0 Å². The van der Waals surface area contributed by atoms with Crippen LogP contribution in [0.2, 0.25) is 0 Å². The molecule has 1 aromatic heterocycles. The van der Waals surface area contributed by atoms with Crippen LogP contribution in [0, 0.1) is 0 Å². The number of nitrogens with zero attached hydrogens (tertiary/aromatic N) is 3. The topological polar surface area (TPSA) is 109 Å². The molecule has 2 aliphatic carbocycles. The molecule has 4 rings (SSSR count). The summed E-state index contributed by atoms with van der Waals surface area (Å²) < 4.78 is 6.29. The van der Waals surface area contributed by atoms with Gasteiger partial charge in [-0.3, -0.25) is 0 Å².